The zero-order valence-corrected chi connectivity index (χ0v) is 15.9. The van der Waals surface area contributed by atoms with Gasteiger partial charge in [-0.25, -0.2) is 0 Å². The number of ether oxygens (including phenoxy) is 4. The van der Waals surface area contributed by atoms with Crippen LogP contribution in [0, 0.1) is 0 Å². The van der Waals surface area contributed by atoms with Crippen LogP contribution in [-0.2, 0) is 28.5 Å². The zero-order chi connectivity index (χ0) is 18.8. The molecular weight excluding hydrogens is 328 g/mol. The molecular formula is C17H34N2O6. The Labute approximate surface area is 151 Å². The molecule has 0 spiro atoms. The van der Waals surface area contributed by atoms with Crippen LogP contribution in [0.5, 0.6) is 0 Å². The summed E-state index contributed by atoms with van der Waals surface area (Å²) in [5.74, 6) is -0.409. The molecule has 0 aliphatic heterocycles. The van der Waals surface area contributed by atoms with E-state index in [1.807, 2.05) is 0 Å². The molecule has 0 unspecified atom stereocenters. The van der Waals surface area contributed by atoms with Crippen LogP contribution in [0.25, 0.3) is 0 Å². The molecule has 8 nitrogen and oxygen atoms in total. The lowest BCUT2D eigenvalue weighted by Gasteiger charge is -2.22. The molecule has 0 saturated carbocycles. The van der Waals surface area contributed by atoms with Gasteiger partial charge in [0.25, 0.3) is 0 Å². The highest BCUT2D eigenvalue weighted by atomic mass is 16.5. The van der Waals surface area contributed by atoms with Gasteiger partial charge in [-0.15, -0.1) is 0 Å². The van der Waals surface area contributed by atoms with E-state index in [4.69, 9.17) is 18.9 Å². The lowest BCUT2D eigenvalue weighted by molar-refractivity contribution is -0.141. The number of amides is 2. The number of nitrogens with zero attached hydrogens (tertiary/aromatic N) is 1. The normalized spacial score (nSPS) is 10.7. The standard InChI is InChI=1S/C17H34N2O6/c1-4-5-6-7-18-16(20)14-19(8-9-24-12-10-22-2)17(21)15-25-13-11-23-3/h4-15H2,1-3H3,(H,18,20). The molecule has 0 atom stereocenters. The van der Waals surface area contributed by atoms with Gasteiger partial charge >= 0.3 is 0 Å². The first kappa shape index (κ1) is 23.8. The maximum absolute atomic E-state index is 12.2. The van der Waals surface area contributed by atoms with Crippen LogP contribution >= 0.6 is 0 Å². The lowest BCUT2D eigenvalue weighted by Crippen LogP contribution is -2.44. The average Bonchev–Trinajstić information content (AvgIpc) is 2.61. The van der Waals surface area contributed by atoms with Crippen molar-refractivity contribution in [2.75, 3.05) is 73.5 Å². The molecule has 0 aliphatic carbocycles. The molecule has 0 fully saturated rings. The third-order valence-electron chi connectivity index (χ3n) is 3.38. The Balaban J connectivity index is 4.24. The summed E-state index contributed by atoms with van der Waals surface area (Å²) in [5.41, 5.74) is 0. The molecule has 2 amide bonds. The van der Waals surface area contributed by atoms with Crippen LogP contribution < -0.4 is 5.32 Å². The zero-order valence-electron chi connectivity index (χ0n) is 15.9. The van der Waals surface area contributed by atoms with Gasteiger partial charge < -0.3 is 29.2 Å². The number of unbranched alkanes of at least 4 members (excludes halogenated alkanes) is 2. The topological polar surface area (TPSA) is 86.3 Å². The van der Waals surface area contributed by atoms with Gasteiger partial charge in [0.2, 0.25) is 11.8 Å². The molecule has 0 aromatic carbocycles. The highest BCUT2D eigenvalue weighted by molar-refractivity contribution is 5.85. The van der Waals surface area contributed by atoms with Crippen LogP contribution in [0.3, 0.4) is 0 Å². The quantitative estimate of drug-likeness (QED) is 0.378. The fraction of sp³-hybridized carbons (Fsp3) is 0.882. The van der Waals surface area contributed by atoms with Crippen LogP contribution in [0.2, 0.25) is 0 Å². The molecule has 0 bridgehead atoms. The first-order chi connectivity index (χ1) is 12.2. The van der Waals surface area contributed by atoms with Gasteiger partial charge in [-0.1, -0.05) is 19.8 Å². The number of methoxy groups -OCH3 is 2. The molecule has 0 aliphatic rings. The first-order valence-electron chi connectivity index (χ1n) is 8.83. The molecule has 148 valence electrons. The van der Waals surface area contributed by atoms with Crippen molar-refractivity contribution in [1.82, 2.24) is 10.2 Å². The Hall–Kier alpha value is -1.22. The number of rotatable bonds is 17. The Bertz CT molecular complexity index is 341. The van der Waals surface area contributed by atoms with Gasteiger partial charge in [0, 0.05) is 27.3 Å². The summed E-state index contributed by atoms with van der Waals surface area (Å²) >= 11 is 0. The molecule has 8 heteroatoms. The number of carbonyl (C=O) groups is 2. The van der Waals surface area contributed by atoms with Crippen molar-refractivity contribution in [2.24, 2.45) is 0 Å². The van der Waals surface area contributed by atoms with Gasteiger partial charge in [0.1, 0.15) is 6.61 Å². The summed E-state index contributed by atoms with van der Waals surface area (Å²) in [6.07, 6.45) is 3.11. The Morgan fingerprint density at radius 2 is 1.60 bits per heavy atom. The van der Waals surface area contributed by atoms with Crippen molar-refractivity contribution in [3.8, 4) is 0 Å². The van der Waals surface area contributed by atoms with Gasteiger partial charge in [0.05, 0.1) is 39.6 Å². The minimum absolute atomic E-state index is 0.00618. The van der Waals surface area contributed by atoms with Crippen molar-refractivity contribution in [1.29, 1.82) is 0 Å². The lowest BCUT2D eigenvalue weighted by atomic mass is 10.2. The molecule has 0 heterocycles. The fourth-order valence-corrected chi connectivity index (χ4v) is 1.94. The maximum atomic E-state index is 12.2. The fourth-order valence-electron chi connectivity index (χ4n) is 1.94. The number of hydrogen-bond acceptors (Lipinski definition) is 6. The second-order valence-electron chi connectivity index (χ2n) is 5.52. The number of nitrogens with one attached hydrogen (secondary N) is 1. The average molecular weight is 362 g/mol. The van der Waals surface area contributed by atoms with Crippen LogP contribution in [0.1, 0.15) is 26.2 Å². The predicted molar refractivity (Wildman–Crippen MR) is 94.5 cm³/mol. The van der Waals surface area contributed by atoms with Crippen molar-refractivity contribution in [3.05, 3.63) is 0 Å². The number of carbonyl (C=O) groups excluding carboxylic acids is 2. The van der Waals surface area contributed by atoms with E-state index >= 15 is 0 Å². The molecule has 0 aromatic heterocycles. The van der Waals surface area contributed by atoms with E-state index in [0.29, 0.717) is 46.1 Å². The molecule has 0 aromatic rings. The van der Waals surface area contributed by atoms with E-state index in [1.54, 1.807) is 14.2 Å². The smallest absolute Gasteiger partial charge is 0.249 e. The Kier molecular flexibility index (Phi) is 16.7. The highest BCUT2D eigenvalue weighted by Gasteiger charge is 2.17. The summed E-state index contributed by atoms with van der Waals surface area (Å²) in [6, 6.07) is 0. The molecule has 0 saturated heterocycles. The van der Waals surface area contributed by atoms with Crippen molar-refractivity contribution >= 4 is 11.8 Å². The molecule has 0 radical (unpaired) electrons. The monoisotopic (exact) mass is 362 g/mol. The van der Waals surface area contributed by atoms with E-state index in [9.17, 15) is 9.59 Å². The van der Waals surface area contributed by atoms with Crippen LogP contribution in [-0.4, -0.2) is 90.2 Å². The van der Waals surface area contributed by atoms with Crippen LogP contribution in [0.4, 0.5) is 0 Å². The van der Waals surface area contributed by atoms with Crippen LogP contribution in [0.15, 0.2) is 0 Å². The highest BCUT2D eigenvalue weighted by Crippen LogP contribution is 1.95. The molecule has 25 heavy (non-hydrogen) atoms. The maximum Gasteiger partial charge on any atom is 0.249 e. The minimum Gasteiger partial charge on any atom is -0.382 e. The van der Waals surface area contributed by atoms with E-state index in [-0.39, 0.29) is 25.0 Å². The third-order valence-corrected chi connectivity index (χ3v) is 3.38. The second-order valence-corrected chi connectivity index (χ2v) is 5.52. The second kappa shape index (κ2) is 17.6. The largest absolute Gasteiger partial charge is 0.382 e. The summed E-state index contributed by atoms with van der Waals surface area (Å²) in [6.45, 7) is 5.04. The minimum atomic E-state index is -0.241. The third kappa shape index (κ3) is 14.8. The van der Waals surface area contributed by atoms with Crippen molar-refractivity contribution < 1.29 is 28.5 Å². The summed E-state index contributed by atoms with van der Waals surface area (Å²) in [4.78, 5) is 25.7. The Morgan fingerprint density at radius 3 is 2.24 bits per heavy atom. The van der Waals surface area contributed by atoms with Gasteiger partial charge in [0.15, 0.2) is 0 Å². The van der Waals surface area contributed by atoms with Gasteiger partial charge in [-0.3, -0.25) is 9.59 Å². The van der Waals surface area contributed by atoms with Gasteiger partial charge in [-0.2, -0.15) is 0 Å². The summed E-state index contributed by atoms with van der Waals surface area (Å²) in [5, 5.41) is 2.84. The molecule has 0 rings (SSSR count). The van der Waals surface area contributed by atoms with E-state index < -0.39 is 0 Å². The van der Waals surface area contributed by atoms with Gasteiger partial charge in [-0.05, 0) is 6.42 Å². The molecule has 1 N–H and O–H groups in total. The van der Waals surface area contributed by atoms with E-state index in [2.05, 4.69) is 12.2 Å². The first-order valence-corrected chi connectivity index (χ1v) is 8.83. The van der Waals surface area contributed by atoms with Crippen molar-refractivity contribution in [2.45, 2.75) is 26.2 Å². The summed E-state index contributed by atoms with van der Waals surface area (Å²) in [7, 11) is 3.16. The van der Waals surface area contributed by atoms with E-state index in [1.165, 1.54) is 4.90 Å². The predicted octanol–water partition coefficient (Wildman–Crippen LogP) is 0.447. The SMILES string of the molecule is CCCCCNC(=O)CN(CCOCCOC)C(=O)COCCOC. The summed E-state index contributed by atoms with van der Waals surface area (Å²) < 4.78 is 20.4. The van der Waals surface area contributed by atoms with E-state index in [0.717, 1.165) is 19.3 Å². The van der Waals surface area contributed by atoms with Crippen molar-refractivity contribution in [3.63, 3.8) is 0 Å². The number of hydrogen-bond donors (Lipinski definition) is 1. The Morgan fingerprint density at radius 1 is 0.920 bits per heavy atom.